The van der Waals surface area contributed by atoms with Crippen LogP contribution in [0.5, 0.6) is 5.75 Å². The molecular formula is C26H36FNO3. The molecule has 0 saturated heterocycles. The molecule has 5 rings (SSSR count). The first-order valence-electron chi connectivity index (χ1n) is 11.9. The number of nitrogens with one attached hydrogen (secondary N) is 1. The second kappa shape index (κ2) is 9.32. The number of ether oxygens (including phenoxy) is 2. The largest absolute Gasteiger partial charge is 0.489 e. The van der Waals surface area contributed by atoms with Gasteiger partial charge in [-0.3, -0.25) is 4.79 Å². The lowest BCUT2D eigenvalue weighted by atomic mass is 9.62. The summed E-state index contributed by atoms with van der Waals surface area (Å²) < 4.78 is 23.8. The third-order valence-corrected chi connectivity index (χ3v) is 8.22. The van der Waals surface area contributed by atoms with Crippen molar-refractivity contribution in [3.05, 3.63) is 41.7 Å². The maximum atomic E-state index is 13.2. The first-order valence-corrected chi connectivity index (χ1v) is 11.9. The van der Waals surface area contributed by atoms with Gasteiger partial charge in [-0.05, 0) is 86.5 Å². The quantitative estimate of drug-likeness (QED) is 0.585. The zero-order valence-electron chi connectivity index (χ0n) is 18.9. The smallest absolute Gasteiger partial charge is 0.226 e. The van der Waals surface area contributed by atoms with Crippen molar-refractivity contribution in [3.8, 4) is 5.75 Å². The molecule has 4 saturated carbocycles. The minimum Gasteiger partial charge on any atom is -0.489 e. The van der Waals surface area contributed by atoms with Crippen LogP contribution in [0.1, 0.15) is 76.7 Å². The second-order valence-electron chi connectivity index (χ2n) is 9.85. The van der Waals surface area contributed by atoms with E-state index in [9.17, 15) is 9.18 Å². The lowest BCUT2D eigenvalue weighted by Crippen LogP contribution is -2.53. The van der Waals surface area contributed by atoms with Crippen LogP contribution in [0.25, 0.3) is 0 Å². The van der Waals surface area contributed by atoms with Crippen LogP contribution in [-0.2, 0) is 14.9 Å². The molecule has 1 aromatic carbocycles. The average molecular weight is 430 g/mol. The number of carbonyl (C=O) groups is 1. The Balaban J connectivity index is 1.38. The zero-order chi connectivity index (χ0) is 21.9. The number of amides is 1. The molecule has 4 aliphatic carbocycles. The topological polar surface area (TPSA) is 47.6 Å². The minimum absolute atomic E-state index is 0.170. The molecule has 0 heterocycles. The third-order valence-electron chi connectivity index (χ3n) is 8.22. The molecule has 0 spiro atoms. The lowest BCUT2D eigenvalue weighted by Gasteiger charge is -2.44. The van der Waals surface area contributed by atoms with Gasteiger partial charge < -0.3 is 14.8 Å². The summed E-state index contributed by atoms with van der Waals surface area (Å²) in [5, 5.41) is 3.32. The molecule has 2 bridgehead atoms. The summed E-state index contributed by atoms with van der Waals surface area (Å²) in [6.45, 7) is 2.22. The van der Waals surface area contributed by atoms with Crippen molar-refractivity contribution in [2.24, 2.45) is 5.41 Å². The lowest BCUT2D eigenvalue weighted by molar-refractivity contribution is -0.136. The molecule has 1 amide bonds. The summed E-state index contributed by atoms with van der Waals surface area (Å²) in [6, 6.07) is 8.67. The molecular weight excluding hydrogens is 393 g/mol. The molecule has 4 nitrogen and oxygen atoms in total. The predicted octanol–water partition coefficient (Wildman–Crippen LogP) is 5.60. The molecule has 1 N–H and O–H groups in total. The van der Waals surface area contributed by atoms with Gasteiger partial charge in [0.1, 0.15) is 12.4 Å². The fraction of sp³-hybridized carbons (Fsp3) is 0.654. The summed E-state index contributed by atoms with van der Waals surface area (Å²) >= 11 is 0. The van der Waals surface area contributed by atoms with Crippen LogP contribution in [0.3, 0.4) is 0 Å². The molecule has 0 atom stereocenters. The highest BCUT2D eigenvalue weighted by atomic mass is 19.1. The molecule has 0 unspecified atom stereocenters. The summed E-state index contributed by atoms with van der Waals surface area (Å²) in [4.78, 5) is 13.2. The fourth-order valence-corrected chi connectivity index (χ4v) is 5.75. The first kappa shape index (κ1) is 22.3. The van der Waals surface area contributed by atoms with E-state index in [1.54, 1.807) is 7.11 Å². The molecule has 170 valence electrons. The molecule has 4 fully saturated rings. The number of halogens is 1. The number of hydrogen-bond donors (Lipinski definition) is 1. The monoisotopic (exact) mass is 429 g/mol. The third kappa shape index (κ3) is 4.52. The number of benzene rings is 1. The van der Waals surface area contributed by atoms with Crippen molar-refractivity contribution in [1.29, 1.82) is 0 Å². The number of rotatable bonds is 8. The van der Waals surface area contributed by atoms with Crippen LogP contribution < -0.4 is 10.1 Å². The van der Waals surface area contributed by atoms with Crippen LogP contribution >= 0.6 is 0 Å². The van der Waals surface area contributed by atoms with E-state index in [4.69, 9.17) is 9.47 Å². The maximum absolute atomic E-state index is 13.2. The summed E-state index contributed by atoms with van der Waals surface area (Å²) in [6.07, 6.45) is 10.8. The Morgan fingerprint density at radius 1 is 1.13 bits per heavy atom. The van der Waals surface area contributed by atoms with Crippen molar-refractivity contribution in [3.63, 3.8) is 0 Å². The number of fused-ring (bicyclic) bond motifs is 4. The highest BCUT2D eigenvalue weighted by Gasteiger charge is 2.50. The average Bonchev–Trinajstić information content (AvgIpc) is 3.09. The van der Waals surface area contributed by atoms with Gasteiger partial charge in [0, 0.05) is 18.6 Å². The Hall–Kier alpha value is -1.88. The summed E-state index contributed by atoms with van der Waals surface area (Å²) in [5.74, 6) is 1.06. The number of carbonyl (C=O) groups excluding carboxylic acids is 1. The van der Waals surface area contributed by atoms with Gasteiger partial charge in [-0.25, -0.2) is 4.39 Å². The van der Waals surface area contributed by atoms with Crippen LogP contribution in [0, 0.1) is 5.41 Å². The van der Waals surface area contributed by atoms with Gasteiger partial charge in [-0.15, -0.1) is 0 Å². The molecule has 31 heavy (non-hydrogen) atoms. The Bertz CT molecular complexity index is 789. The Morgan fingerprint density at radius 3 is 2.45 bits per heavy atom. The van der Waals surface area contributed by atoms with Crippen LogP contribution in [-0.4, -0.2) is 31.8 Å². The molecule has 5 heteroatoms. The predicted molar refractivity (Wildman–Crippen MR) is 120 cm³/mol. The van der Waals surface area contributed by atoms with Gasteiger partial charge in [-0.1, -0.05) is 25.5 Å². The standard InChI is InChI=1S/C26H36FNO3/c1-3-19(17-27)18-31-22-7-5-20(6-8-22)25-9-4-10-26(13-11-25,14-12-25)24(29)28-21-15-23(16-21)30-2/h5-8,17,21,23H,3-4,9-16,18H2,1-2H3,(H,28,29)/b19-17+. The minimum atomic E-state index is -0.184. The van der Waals surface area contributed by atoms with Gasteiger partial charge in [0.05, 0.1) is 12.4 Å². The van der Waals surface area contributed by atoms with Gasteiger partial charge in [0.2, 0.25) is 5.91 Å². The SMILES string of the molecule is CC/C(=C\F)COc1ccc(C23CCCC(C(=O)NC4CC(OC)C4)(CC2)CC3)cc1. The van der Waals surface area contributed by atoms with Crippen molar-refractivity contribution in [2.75, 3.05) is 13.7 Å². The maximum Gasteiger partial charge on any atom is 0.226 e. The van der Waals surface area contributed by atoms with Crippen molar-refractivity contribution in [1.82, 2.24) is 5.32 Å². The van der Waals surface area contributed by atoms with Gasteiger partial charge in [0.25, 0.3) is 0 Å². The van der Waals surface area contributed by atoms with E-state index in [1.165, 1.54) is 5.56 Å². The highest BCUT2D eigenvalue weighted by Crippen LogP contribution is 2.55. The number of methoxy groups -OCH3 is 1. The highest BCUT2D eigenvalue weighted by molar-refractivity contribution is 5.83. The molecule has 0 radical (unpaired) electrons. The second-order valence-corrected chi connectivity index (χ2v) is 9.85. The summed E-state index contributed by atoms with van der Waals surface area (Å²) in [7, 11) is 1.75. The zero-order valence-corrected chi connectivity index (χ0v) is 18.9. The van der Waals surface area contributed by atoms with Crippen LogP contribution in [0.4, 0.5) is 4.39 Å². The van der Waals surface area contributed by atoms with E-state index < -0.39 is 0 Å². The molecule has 0 aliphatic heterocycles. The van der Waals surface area contributed by atoms with E-state index >= 15 is 0 Å². The van der Waals surface area contributed by atoms with Crippen LogP contribution in [0.2, 0.25) is 0 Å². The Labute approximate surface area is 185 Å². The van der Waals surface area contributed by atoms with Crippen molar-refractivity contribution < 1.29 is 18.7 Å². The van der Waals surface area contributed by atoms with Gasteiger partial charge in [-0.2, -0.15) is 0 Å². The van der Waals surface area contributed by atoms with E-state index in [0.717, 1.165) is 63.5 Å². The number of hydrogen-bond acceptors (Lipinski definition) is 3. The van der Waals surface area contributed by atoms with E-state index in [-0.39, 0.29) is 22.8 Å². The van der Waals surface area contributed by atoms with Crippen molar-refractivity contribution >= 4 is 5.91 Å². The van der Waals surface area contributed by atoms with Crippen molar-refractivity contribution in [2.45, 2.75) is 88.7 Å². The summed E-state index contributed by atoms with van der Waals surface area (Å²) in [5.41, 5.74) is 2.00. The molecule has 0 aromatic heterocycles. The molecule has 1 aromatic rings. The van der Waals surface area contributed by atoms with Crippen LogP contribution in [0.15, 0.2) is 36.2 Å². The van der Waals surface area contributed by atoms with Gasteiger partial charge in [0.15, 0.2) is 0 Å². The van der Waals surface area contributed by atoms with E-state index in [2.05, 4.69) is 17.4 Å². The Morgan fingerprint density at radius 2 is 1.84 bits per heavy atom. The van der Waals surface area contributed by atoms with E-state index in [1.807, 2.05) is 19.1 Å². The van der Waals surface area contributed by atoms with Gasteiger partial charge >= 0.3 is 0 Å². The van der Waals surface area contributed by atoms with E-state index in [0.29, 0.717) is 31.0 Å². The first-order chi connectivity index (χ1) is 15.0. The fourth-order valence-electron chi connectivity index (χ4n) is 5.75. The Kier molecular flexibility index (Phi) is 6.71. The molecule has 4 aliphatic rings. The normalized spacial score (nSPS) is 32.8.